The van der Waals surface area contributed by atoms with Crippen LogP contribution in [0, 0.1) is 12.7 Å². The van der Waals surface area contributed by atoms with Gasteiger partial charge in [0.1, 0.15) is 5.82 Å². The molecule has 2 amide bonds. The first-order valence-electron chi connectivity index (χ1n) is 7.80. The summed E-state index contributed by atoms with van der Waals surface area (Å²) in [6.45, 7) is 1.94. The number of benzene rings is 2. The number of carbonyl (C=O) groups is 2. The van der Waals surface area contributed by atoms with Gasteiger partial charge in [-0.2, -0.15) is 0 Å². The third-order valence-electron chi connectivity index (χ3n) is 3.37. The summed E-state index contributed by atoms with van der Waals surface area (Å²) in [6.07, 6.45) is 0. The van der Waals surface area contributed by atoms with E-state index in [-0.39, 0.29) is 29.1 Å². The van der Waals surface area contributed by atoms with Gasteiger partial charge in [-0.05, 0) is 49.4 Å². The fourth-order valence-electron chi connectivity index (χ4n) is 2.28. The summed E-state index contributed by atoms with van der Waals surface area (Å²) >= 11 is 2.78. The van der Waals surface area contributed by atoms with Crippen LogP contribution in [0.2, 0.25) is 0 Å². The van der Waals surface area contributed by atoms with Gasteiger partial charge in [-0.15, -0.1) is 23.1 Å². The SMILES string of the molecule is Cc1nc2ccc(NC(=O)CSCC(=O)Nc3ccc(F)cc3)cc2s1. The van der Waals surface area contributed by atoms with E-state index in [9.17, 15) is 14.0 Å². The van der Waals surface area contributed by atoms with E-state index in [1.54, 1.807) is 11.3 Å². The minimum atomic E-state index is -0.360. The van der Waals surface area contributed by atoms with Crippen molar-refractivity contribution in [3.8, 4) is 0 Å². The highest BCUT2D eigenvalue weighted by molar-refractivity contribution is 8.00. The van der Waals surface area contributed by atoms with E-state index in [0.29, 0.717) is 11.4 Å². The Morgan fingerprint density at radius 3 is 2.35 bits per heavy atom. The predicted molar refractivity (Wildman–Crippen MR) is 105 cm³/mol. The van der Waals surface area contributed by atoms with Crippen molar-refractivity contribution in [3.63, 3.8) is 0 Å². The van der Waals surface area contributed by atoms with Crippen molar-refractivity contribution in [1.82, 2.24) is 4.98 Å². The van der Waals surface area contributed by atoms with Crippen molar-refractivity contribution < 1.29 is 14.0 Å². The van der Waals surface area contributed by atoms with Crippen LogP contribution in [0.15, 0.2) is 42.5 Å². The number of amides is 2. The van der Waals surface area contributed by atoms with Gasteiger partial charge in [0.2, 0.25) is 11.8 Å². The van der Waals surface area contributed by atoms with Crippen molar-refractivity contribution in [3.05, 3.63) is 53.3 Å². The molecule has 26 heavy (non-hydrogen) atoms. The number of halogens is 1. The summed E-state index contributed by atoms with van der Waals surface area (Å²) in [5.74, 6) is -0.476. The van der Waals surface area contributed by atoms with Gasteiger partial charge in [0.15, 0.2) is 0 Å². The number of hydrogen-bond acceptors (Lipinski definition) is 5. The smallest absolute Gasteiger partial charge is 0.234 e. The van der Waals surface area contributed by atoms with Gasteiger partial charge in [-0.3, -0.25) is 9.59 Å². The highest BCUT2D eigenvalue weighted by Gasteiger charge is 2.08. The fraction of sp³-hybridized carbons (Fsp3) is 0.167. The molecule has 1 aromatic heterocycles. The Balaban J connectivity index is 1.44. The Labute approximate surface area is 158 Å². The lowest BCUT2D eigenvalue weighted by Gasteiger charge is -2.06. The molecule has 0 unspecified atom stereocenters. The molecule has 3 rings (SSSR count). The standard InChI is InChI=1S/C18H16FN3O2S2/c1-11-20-15-7-6-14(8-16(15)26-11)22-18(24)10-25-9-17(23)21-13-4-2-12(19)3-5-13/h2-8H,9-10H2,1H3,(H,21,23)(H,22,24). The average molecular weight is 389 g/mol. The third kappa shape index (κ3) is 5.03. The van der Waals surface area contributed by atoms with E-state index in [2.05, 4.69) is 15.6 Å². The average Bonchev–Trinajstić information content (AvgIpc) is 2.96. The summed E-state index contributed by atoms with van der Waals surface area (Å²) in [7, 11) is 0. The zero-order chi connectivity index (χ0) is 18.5. The number of aromatic nitrogens is 1. The van der Waals surface area contributed by atoms with Gasteiger partial charge in [0, 0.05) is 11.4 Å². The molecule has 0 radical (unpaired) electrons. The molecule has 2 N–H and O–H groups in total. The Kier molecular flexibility index (Phi) is 5.85. The maximum absolute atomic E-state index is 12.8. The van der Waals surface area contributed by atoms with Crippen LogP contribution in [0.1, 0.15) is 5.01 Å². The van der Waals surface area contributed by atoms with Crippen LogP contribution in [0.5, 0.6) is 0 Å². The minimum absolute atomic E-state index is 0.137. The second-order valence-corrected chi connectivity index (χ2v) is 7.73. The van der Waals surface area contributed by atoms with Crippen LogP contribution in [-0.4, -0.2) is 28.3 Å². The molecular formula is C18H16FN3O2S2. The number of rotatable bonds is 6. The van der Waals surface area contributed by atoms with Crippen molar-refractivity contribution in [2.45, 2.75) is 6.92 Å². The monoisotopic (exact) mass is 389 g/mol. The quantitative estimate of drug-likeness (QED) is 0.667. The Morgan fingerprint density at radius 1 is 1.04 bits per heavy atom. The normalized spacial score (nSPS) is 10.7. The highest BCUT2D eigenvalue weighted by Crippen LogP contribution is 2.24. The largest absolute Gasteiger partial charge is 0.325 e. The van der Waals surface area contributed by atoms with Gasteiger partial charge >= 0.3 is 0 Å². The maximum Gasteiger partial charge on any atom is 0.234 e. The lowest BCUT2D eigenvalue weighted by atomic mass is 10.3. The second kappa shape index (κ2) is 8.29. The van der Waals surface area contributed by atoms with Crippen molar-refractivity contribution in [2.24, 2.45) is 0 Å². The summed E-state index contributed by atoms with van der Waals surface area (Å²) < 4.78 is 13.8. The molecule has 0 saturated carbocycles. The number of fused-ring (bicyclic) bond motifs is 1. The van der Waals surface area contributed by atoms with Gasteiger partial charge in [0.05, 0.1) is 26.7 Å². The molecular weight excluding hydrogens is 373 g/mol. The highest BCUT2D eigenvalue weighted by atomic mass is 32.2. The topological polar surface area (TPSA) is 71.1 Å². The molecule has 0 bridgehead atoms. The van der Waals surface area contributed by atoms with Crippen molar-refractivity contribution in [2.75, 3.05) is 22.1 Å². The van der Waals surface area contributed by atoms with Gasteiger partial charge in [-0.25, -0.2) is 9.37 Å². The molecule has 0 aliphatic carbocycles. The van der Waals surface area contributed by atoms with Crippen LogP contribution in [0.3, 0.4) is 0 Å². The van der Waals surface area contributed by atoms with Gasteiger partial charge in [-0.1, -0.05) is 0 Å². The first-order chi connectivity index (χ1) is 12.5. The number of carbonyl (C=O) groups excluding carboxylic acids is 2. The molecule has 2 aromatic carbocycles. The number of hydrogen-bond donors (Lipinski definition) is 2. The van der Waals surface area contributed by atoms with E-state index in [4.69, 9.17) is 0 Å². The molecule has 0 saturated heterocycles. The zero-order valence-corrected chi connectivity index (χ0v) is 15.5. The number of thiazole rings is 1. The molecule has 0 atom stereocenters. The van der Waals surface area contributed by atoms with Crippen LogP contribution < -0.4 is 10.6 Å². The fourth-order valence-corrected chi connectivity index (χ4v) is 3.76. The Hall–Kier alpha value is -2.45. The van der Waals surface area contributed by atoms with Crippen LogP contribution in [0.25, 0.3) is 10.2 Å². The first kappa shape index (κ1) is 18.3. The van der Waals surface area contributed by atoms with Crippen LogP contribution in [0.4, 0.5) is 15.8 Å². The predicted octanol–water partition coefficient (Wildman–Crippen LogP) is 4.05. The van der Waals surface area contributed by atoms with E-state index >= 15 is 0 Å². The van der Waals surface area contributed by atoms with Crippen LogP contribution >= 0.6 is 23.1 Å². The number of thioether (sulfide) groups is 1. The molecule has 134 valence electrons. The van der Waals surface area contributed by atoms with E-state index in [0.717, 1.165) is 15.2 Å². The molecule has 0 aliphatic heterocycles. The van der Waals surface area contributed by atoms with Gasteiger partial charge in [0.25, 0.3) is 0 Å². The molecule has 0 aliphatic rings. The number of nitrogens with zero attached hydrogens (tertiary/aromatic N) is 1. The first-order valence-corrected chi connectivity index (χ1v) is 9.77. The minimum Gasteiger partial charge on any atom is -0.325 e. The second-order valence-electron chi connectivity index (χ2n) is 5.51. The number of aryl methyl sites for hydroxylation is 1. The summed E-state index contributed by atoms with van der Waals surface area (Å²) in [6, 6.07) is 11.1. The van der Waals surface area contributed by atoms with Crippen molar-refractivity contribution in [1.29, 1.82) is 0 Å². The summed E-state index contributed by atoms with van der Waals surface area (Å²) in [5.41, 5.74) is 2.15. The molecule has 5 nitrogen and oxygen atoms in total. The lowest BCUT2D eigenvalue weighted by molar-refractivity contribution is -0.114. The van der Waals surface area contributed by atoms with Gasteiger partial charge < -0.3 is 10.6 Å². The Bertz CT molecular complexity index is 941. The molecule has 3 aromatic rings. The van der Waals surface area contributed by atoms with Crippen LogP contribution in [-0.2, 0) is 9.59 Å². The molecule has 8 heteroatoms. The number of anilines is 2. The zero-order valence-electron chi connectivity index (χ0n) is 13.9. The lowest BCUT2D eigenvalue weighted by Crippen LogP contribution is -2.18. The summed E-state index contributed by atoms with van der Waals surface area (Å²) in [4.78, 5) is 28.2. The van der Waals surface area contributed by atoms with E-state index in [1.807, 2.05) is 25.1 Å². The molecule has 1 heterocycles. The number of nitrogens with one attached hydrogen (secondary N) is 2. The maximum atomic E-state index is 12.8. The van der Waals surface area contributed by atoms with E-state index in [1.165, 1.54) is 36.0 Å². The van der Waals surface area contributed by atoms with Crippen molar-refractivity contribution >= 4 is 56.5 Å². The summed E-state index contributed by atoms with van der Waals surface area (Å²) in [5, 5.41) is 6.45. The third-order valence-corrected chi connectivity index (χ3v) is 5.24. The molecule has 0 spiro atoms. The Morgan fingerprint density at radius 2 is 1.65 bits per heavy atom. The molecule has 0 fully saturated rings. The van der Waals surface area contributed by atoms with E-state index < -0.39 is 0 Å².